The number of carbonyl (C=O) groups is 1. The van der Waals surface area contributed by atoms with Crippen LogP contribution >= 0.6 is 0 Å². The molecule has 0 bridgehead atoms. The van der Waals surface area contributed by atoms with Gasteiger partial charge in [-0.25, -0.2) is 9.78 Å². The number of carboxylic acids is 1. The normalized spacial score (nSPS) is 10.6. The first-order valence-corrected chi connectivity index (χ1v) is 7.42. The van der Waals surface area contributed by atoms with Crippen molar-refractivity contribution in [2.45, 2.75) is 64.7 Å². The summed E-state index contributed by atoms with van der Waals surface area (Å²) in [5.41, 5.74) is 1.23. The molecule has 0 unspecified atom stereocenters. The first-order valence-electron chi connectivity index (χ1n) is 7.42. The Bertz CT molecular complexity index is 377. The van der Waals surface area contributed by atoms with E-state index in [1.54, 1.807) is 12.3 Å². The summed E-state index contributed by atoms with van der Waals surface area (Å²) in [7, 11) is 0. The minimum atomic E-state index is -0.947. The highest BCUT2D eigenvalue weighted by Gasteiger charge is 2.04. The summed E-state index contributed by atoms with van der Waals surface area (Å²) >= 11 is 0. The quantitative estimate of drug-likeness (QED) is 0.634. The Morgan fingerprint density at radius 2 is 1.74 bits per heavy atom. The highest BCUT2D eigenvalue weighted by Crippen LogP contribution is 2.11. The highest BCUT2D eigenvalue weighted by molar-refractivity contribution is 5.85. The number of aryl methyl sites for hydroxylation is 1. The van der Waals surface area contributed by atoms with Crippen molar-refractivity contribution in [1.29, 1.82) is 0 Å². The maximum Gasteiger partial charge on any atom is 0.354 e. The number of hydrogen-bond donors (Lipinski definition) is 1. The van der Waals surface area contributed by atoms with Gasteiger partial charge in [0.25, 0.3) is 0 Å². The number of unbranched alkanes of at least 4 members (excludes halogenated alkanes) is 7. The zero-order chi connectivity index (χ0) is 13.9. The van der Waals surface area contributed by atoms with E-state index in [0.717, 1.165) is 18.4 Å². The van der Waals surface area contributed by atoms with Gasteiger partial charge in [0, 0.05) is 6.20 Å². The van der Waals surface area contributed by atoms with Crippen molar-refractivity contribution in [2.75, 3.05) is 0 Å². The lowest BCUT2D eigenvalue weighted by molar-refractivity contribution is 0.0690. The maximum absolute atomic E-state index is 10.8. The van der Waals surface area contributed by atoms with Gasteiger partial charge in [0.15, 0.2) is 0 Å². The van der Waals surface area contributed by atoms with Crippen molar-refractivity contribution in [3.05, 3.63) is 29.6 Å². The predicted octanol–water partition coefficient (Wildman–Crippen LogP) is 4.46. The Morgan fingerprint density at radius 1 is 1.11 bits per heavy atom. The van der Waals surface area contributed by atoms with Crippen molar-refractivity contribution in [3.63, 3.8) is 0 Å². The number of aromatic nitrogens is 1. The van der Waals surface area contributed by atoms with Gasteiger partial charge in [0.1, 0.15) is 5.69 Å². The second-order valence-electron chi connectivity index (χ2n) is 5.08. The summed E-state index contributed by atoms with van der Waals surface area (Å²) in [4.78, 5) is 14.6. The summed E-state index contributed by atoms with van der Waals surface area (Å²) in [5, 5.41) is 8.86. The van der Waals surface area contributed by atoms with Crippen molar-refractivity contribution in [2.24, 2.45) is 0 Å². The van der Waals surface area contributed by atoms with Gasteiger partial charge in [-0.3, -0.25) is 0 Å². The van der Waals surface area contributed by atoms with Gasteiger partial charge in [-0.05, 0) is 30.5 Å². The Morgan fingerprint density at radius 3 is 2.37 bits per heavy atom. The summed E-state index contributed by atoms with van der Waals surface area (Å²) in [6.07, 6.45) is 12.9. The number of carboxylic acid groups (broad SMARTS) is 1. The average Bonchev–Trinajstić information content (AvgIpc) is 2.42. The second kappa shape index (κ2) is 9.54. The maximum atomic E-state index is 10.8. The van der Waals surface area contributed by atoms with Crippen LogP contribution < -0.4 is 0 Å². The van der Waals surface area contributed by atoms with Gasteiger partial charge in [0.05, 0.1) is 0 Å². The molecule has 0 aromatic carbocycles. The zero-order valence-corrected chi connectivity index (χ0v) is 11.9. The zero-order valence-electron chi connectivity index (χ0n) is 11.9. The average molecular weight is 263 g/mol. The number of hydrogen-bond acceptors (Lipinski definition) is 2. The van der Waals surface area contributed by atoms with E-state index in [4.69, 9.17) is 5.11 Å². The molecule has 19 heavy (non-hydrogen) atoms. The van der Waals surface area contributed by atoms with Crippen molar-refractivity contribution >= 4 is 5.97 Å². The molecule has 1 heterocycles. The van der Waals surface area contributed by atoms with Crippen LogP contribution in [-0.4, -0.2) is 16.1 Å². The molecule has 0 fully saturated rings. The van der Waals surface area contributed by atoms with Crippen LogP contribution in [0.1, 0.15) is 74.3 Å². The van der Waals surface area contributed by atoms with Crippen LogP contribution in [0.3, 0.4) is 0 Å². The Kier molecular flexibility index (Phi) is 7.87. The van der Waals surface area contributed by atoms with Crippen LogP contribution in [0.2, 0.25) is 0 Å². The van der Waals surface area contributed by atoms with Crippen LogP contribution in [0.15, 0.2) is 18.3 Å². The van der Waals surface area contributed by atoms with E-state index in [-0.39, 0.29) is 5.69 Å². The number of rotatable bonds is 10. The molecule has 0 amide bonds. The molecule has 1 N–H and O–H groups in total. The van der Waals surface area contributed by atoms with Gasteiger partial charge in [-0.15, -0.1) is 0 Å². The van der Waals surface area contributed by atoms with Crippen LogP contribution in [0, 0.1) is 0 Å². The van der Waals surface area contributed by atoms with E-state index in [0.29, 0.717) is 0 Å². The van der Waals surface area contributed by atoms with Gasteiger partial charge in [-0.2, -0.15) is 0 Å². The third kappa shape index (κ3) is 6.94. The molecule has 106 valence electrons. The molecule has 1 aromatic heterocycles. The Balaban J connectivity index is 2.12. The second-order valence-corrected chi connectivity index (χ2v) is 5.08. The lowest BCUT2D eigenvalue weighted by Gasteiger charge is -2.03. The SMILES string of the molecule is CCCCCCCCCCc1ccnc(C(=O)O)c1. The first-order chi connectivity index (χ1) is 9.24. The molecule has 0 atom stereocenters. The molecule has 3 heteroatoms. The fourth-order valence-electron chi connectivity index (χ4n) is 2.21. The lowest BCUT2D eigenvalue weighted by atomic mass is 10.0. The Labute approximate surface area is 116 Å². The molecule has 0 spiro atoms. The molecule has 0 saturated carbocycles. The predicted molar refractivity (Wildman–Crippen MR) is 77.5 cm³/mol. The summed E-state index contributed by atoms with van der Waals surface area (Å²) in [6.45, 7) is 2.24. The van der Waals surface area contributed by atoms with Crippen molar-refractivity contribution in [3.8, 4) is 0 Å². The highest BCUT2D eigenvalue weighted by atomic mass is 16.4. The largest absolute Gasteiger partial charge is 0.477 e. The minimum absolute atomic E-state index is 0.150. The first kappa shape index (κ1) is 15.7. The fraction of sp³-hybridized carbons (Fsp3) is 0.625. The Hall–Kier alpha value is -1.38. The number of aromatic carboxylic acids is 1. The molecule has 0 radical (unpaired) electrons. The summed E-state index contributed by atoms with van der Waals surface area (Å²) in [6, 6.07) is 3.59. The third-order valence-corrected chi connectivity index (χ3v) is 3.36. The number of pyridine rings is 1. The van der Waals surface area contributed by atoms with Crippen molar-refractivity contribution in [1.82, 2.24) is 4.98 Å². The van der Waals surface area contributed by atoms with Crippen LogP contribution in [0.5, 0.6) is 0 Å². The van der Waals surface area contributed by atoms with Gasteiger partial charge in [-0.1, -0.05) is 51.9 Å². The lowest BCUT2D eigenvalue weighted by Crippen LogP contribution is -2.00. The minimum Gasteiger partial charge on any atom is -0.477 e. The molecular formula is C16H25NO2. The van der Waals surface area contributed by atoms with Crippen molar-refractivity contribution < 1.29 is 9.90 Å². The molecule has 1 rings (SSSR count). The van der Waals surface area contributed by atoms with Crippen LogP contribution in [-0.2, 0) is 6.42 Å². The van der Waals surface area contributed by atoms with Gasteiger partial charge in [0.2, 0.25) is 0 Å². The van der Waals surface area contributed by atoms with E-state index in [9.17, 15) is 4.79 Å². The fourth-order valence-corrected chi connectivity index (χ4v) is 2.21. The molecule has 0 aliphatic rings. The van der Waals surface area contributed by atoms with E-state index in [1.807, 2.05) is 6.07 Å². The van der Waals surface area contributed by atoms with E-state index >= 15 is 0 Å². The van der Waals surface area contributed by atoms with Crippen LogP contribution in [0.4, 0.5) is 0 Å². The third-order valence-electron chi connectivity index (χ3n) is 3.36. The molecule has 3 nitrogen and oxygen atoms in total. The molecule has 0 aliphatic heterocycles. The molecule has 1 aromatic rings. The summed E-state index contributed by atoms with van der Waals surface area (Å²) < 4.78 is 0. The monoisotopic (exact) mass is 263 g/mol. The van der Waals surface area contributed by atoms with Gasteiger partial charge < -0.3 is 5.11 Å². The molecule has 0 saturated heterocycles. The van der Waals surface area contributed by atoms with E-state index in [1.165, 1.54) is 44.9 Å². The smallest absolute Gasteiger partial charge is 0.354 e. The van der Waals surface area contributed by atoms with Gasteiger partial charge >= 0.3 is 5.97 Å². The topological polar surface area (TPSA) is 50.2 Å². The summed E-state index contributed by atoms with van der Waals surface area (Å²) in [5.74, 6) is -0.947. The van der Waals surface area contributed by atoms with E-state index < -0.39 is 5.97 Å². The number of nitrogens with zero attached hydrogens (tertiary/aromatic N) is 1. The molecular weight excluding hydrogens is 238 g/mol. The molecule has 0 aliphatic carbocycles. The van der Waals surface area contributed by atoms with E-state index in [2.05, 4.69) is 11.9 Å². The standard InChI is InChI=1S/C16H25NO2/c1-2-3-4-5-6-7-8-9-10-14-11-12-17-15(13-14)16(18)19/h11-13H,2-10H2,1H3,(H,18,19). The van der Waals surface area contributed by atoms with Crippen LogP contribution in [0.25, 0.3) is 0 Å².